The largest absolute Gasteiger partial charge is 0.457 e. The molecule has 0 atom stereocenters. The van der Waals surface area contributed by atoms with Crippen molar-refractivity contribution >= 4 is 5.82 Å². The Balaban J connectivity index is 2.59. The summed E-state index contributed by atoms with van der Waals surface area (Å²) in [5.41, 5.74) is 0.764. The van der Waals surface area contributed by atoms with Crippen molar-refractivity contribution in [3.05, 3.63) is 35.2 Å². The van der Waals surface area contributed by atoms with Gasteiger partial charge in [-0.05, 0) is 17.7 Å². The Kier molecular flexibility index (Phi) is 1.91. The van der Waals surface area contributed by atoms with Gasteiger partial charge in [-0.15, -0.1) is 0 Å². The van der Waals surface area contributed by atoms with Crippen molar-refractivity contribution in [1.29, 1.82) is 5.39 Å². The van der Waals surface area contributed by atoms with Crippen LogP contribution in [0.2, 0.25) is 0 Å². The van der Waals surface area contributed by atoms with Crippen LogP contribution in [0.4, 0.5) is 5.82 Å². The van der Waals surface area contributed by atoms with Crippen LogP contribution >= 0.6 is 0 Å². The van der Waals surface area contributed by atoms with E-state index in [2.05, 4.69) is 20.0 Å². The average molecular weight is 187 g/mol. The van der Waals surface area contributed by atoms with Crippen LogP contribution in [0.15, 0.2) is 24.7 Å². The summed E-state index contributed by atoms with van der Waals surface area (Å²) in [5, 5.41) is 12.8. The predicted octanol–water partition coefficient (Wildman–Crippen LogP) is 1.46. The molecular formula is C8H7N6+. The summed E-state index contributed by atoms with van der Waals surface area (Å²) in [6.45, 7) is 1.79. The Morgan fingerprint density at radius 3 is 2.71 bits per heavy atom. The number of aryl methyl sites for hydroxylation is 1. The summed E-state index contributed by atoms with van der Waals surface area (Å²) >= 11 is 0. The van der Waals surface area contributed by atoms with Crippen LogP contribution in [0.3, 0.4) is 0 Å². The van der Waals surface area contributed by atoms with Gasteiger partial charge in [0.1, 0.15) is 0 Å². The lowest BCUT2D eigenvalue weighted by Crippen LogP contribution is -2.00. The van der Waals surface area contributed by atoms with E-state index < -0.39 is 0 Å². The van der Waals surface area contributed by atoms with Crippen LogP contribution in [0.25, 0.3) is 10.9 Å². The van der Waals surface area contributed by atoms with E-state index in [9.17, 15) is 0 Å². The van der Waals surface area contributed by atoms with E-state index in [0.29, 0.717) is 11.8 Å². The van der Waals surface area contributed by atoms with Gasteiger partial charge in [-0.3, -0.25) is 0 Å². The molecule has 0 amide bonds. The van der Waals surface area contributed by atoms with Crippen LogP contribution in [-0.2, 0) is 0 Å². The molecule has 2 aromatic rings. The molecule has 0 saturated heterocycles. The molecule has 2 heterocycles. The minimum Gasteiger partial charge on any atom is -0.198 e. The van der Waals surface area contributed by atoms with Crippen LogP contribution in [0, 0.1) is 12.3 Å². The fraction of sp³-hybridized carbons (Fsp3) is 0.125. The molecule has 0 fully saturated rings. The summed E-state index contributed by atoms with van der Waals surface area (Å²) < 4.78 is 1.37. The average Bonchev–Trinajstić information content (AvgIpc) is 2.61. The third-order valence-corrected chi connectivity index (χ3v) is 1.76. The summed E-state index contributed by atoms with van der Waals surface area (Å²) in [6.07, 6.45) is 4.78. The quantitative estimate of drug-likeness (QED) is 0.633. The van der Waals surface area contributed by atoms with Crippen LogP contribution in [-0.4, -0.2) is 19.7 Å². The molecule has 0 spiro atoms. The second-order valence-corrected chi connectivity index (χ2v) is 2.71. The topological polar surface area (TPSA) is 71.8 Å². The standard InChI is InChI=1S/C8H7N6/c1-6-5-12-14(7(6)13-9)8-10-3-2-4-11-8/h2-5H,1H3/q+1. The van der Waals surface area contributed by atoms with Crippen molar-refractivity contribution in [2.24, 2.45) is 0 Å². The molecule has 0 aliphatic rings. The van der Waals surface area contributed by atoms with Crippen LogP contribution in [0.1, 0.15) is 5.56 Å². The number of aromatic nitrogens is 4. The molecule has 0 aliphatic carbocycles. The maximum Gasteiger partial charge on any atom is 0.457 e. The van der Waals surface area contributed by atoms with Gasteiger partial charge in [0.05, 0.1) is 17.2 Å². The molecular weight excluding hydrogens is 180 g/mol. The minimum absolute atomic E-state index is 0.344. The van der Waals surface area contributed by atoms with Gasteiger partial charge >= 0.3 is 11.8 Å². The maximum atomic E-state index is 8.76. The Morgan fingerprint density at radius 1 is 1.36 bits per heavy atom. The van der Waals surface area contributed by atoms with Gasteiger partial charge in [-0.25, -0.2) is 0 Å². The molecule has 0 N–H and O–H groups in total. The SMILES string of the molecule is Cc1cnn(-c2ncccn2)c1[N+]#N. The Hall–Kier alpha value is -2.29. The first-order valence-corrected chi connectivity index (χ1v) is 4.00. The number of hydrogen-bond acceptors (Lipinski definition) is 4. The summed E-state index contributed by atoms with van der Waals surface area (Å²) in [4.78, 5) is 11.1. The third-order valence-electron chi connectivity index (χ3n) is 1.76. The lowest BCUT2D eigenvalue weighted by Gasteiger charge is -1.88. The fourth-order valence-electron chi connectivity index (χ4n) is 1.09. The lowest BCUT2D eigenvalue weighted by atomic mass is 10.4. The van der Waals surface area contributed by atoms with Gasteiger partial charge in [0.25, 0.3) is 0 Å². The predicted molar refractivity (Wildman–Crippen MR) is 48.6 cm³/mol. The lowest BCUT2D eigenvalue weighted by molar-refractivity contribution is 0.818. The zero-order valence-corrected chi connectivity index (χ0v) is 7.49. The second kappa shape index (κ2) is 3.22. The molecule has 2 aromatic heterocycles. The normalized spacial score (nSPS) is 9.71. The maximum absolute atomic E-state index is 8.76. The first kappa shape index (κ1) is 8.31. The molecule has 2 rings (SSSR count). The molecule has 0 aromatic carbocycles. The first-order chi connectivity index (χ1) is 6.83. The summed E-state index contributed by atoms with van der Waals surface area (Å²) in [6, 6.07) is 1.70. The highest BCUT2D eigenvalue weighted by atomic mass is 15.4. The van der Waals surface area contributed by atoms with E-state index in [1.54, 1.807) is 31.6 Å². The highest BCUT2D eigenvalue weighted by Crippen LogP contribution is 2.19. The third kappa shape index (κ3) is 1.21. The van der Waals surface area contributed by atoms with Crippen molar-refractivity contribution in [3.63, 3.8) is 0 Å². The minimum atomic E-state index is 0.344. The number of hydrogen-bond donors (Lipinski definition) is 0. The van der Waals surface area contributed by atoms with E-state index in [-0.39, 0.29) is 0 Å². The molecule has 14 heavy (non-hydrogen) atoms. The van der Waals surface area contributed by atoms with Gasteiger partial charge in [-0.2, -0.15) is 9.97 Å². The van der Waals surface area contributed by atoms with Gasteiger partial charge in [-0.1, -0.05) is 5.10 Å². The van der Waals surface area contributed by atoms with Gasteiger partial charge in [0.15, 0.2) is 0 Å². The van der Waals surface area contributed by atoms with Gasteiger partial charge in [0.2, 0.25) is 0 Å². The number of rotatable bonds is 1. The van der Waals surface area contributed by atoms with Gasteiger partial charge in [0, 0.05) is 17.4 Å². The van der Waals surface area contributed by atoms with E-state index in [1.165, 1.54) is 4.68 Å². The zero-order valence-electron chi connectivity index (χ0n) is 7.49. The van der Waals surface area contributed by atoms with Crippen molar-refractivity contribution in [2.45, 2.75) is 6.92 Å². The van der Waals surface area contributed by atoms with Crippen LogP contribution in [0.5, 0.6) is 0 Å². The Bertz CT molecular complexity index is 480. The van der Waals surface area contributed by atoms with Crippen molar-refractivity contribution in [1.82, 2.24) is 19.7 Å². The molecule has 0 radical (unpaired) electrons. The molecule has 6 nitrogen and oxygen atoms in total. The summed E-state index contributed by atoms with van der Waals surface area (Å²) in [5.74, 6) is 0.726. The smallest absolute Gasteiger partial charge is 0.198 e. The Morgan fingerprint density at radius 2 is 2.07 bits per heavy atom. The van der Waals surface area contributed by atoms with E-state index in [0.717, 1.165) is 5.56 Å². The van der Waals surface area contributed by atoms with Crippen molar-refractivity contribution in [3.8, 4) is 5.95 Å². The number of nitrogens with zero attached hydrogens (tertiary/aromatic N) is 6. The zero-order chi connectivity index (χ0) is 9.97. The van der Waals surface area contributed by atoms with Gasteiger partial charge < -0.3 is 0 Å². The molecule has 68 valence electrons. The van der Waals surface area contributed by atoms with Crippen molar-refractivity contribution < 1.29 is 0 Å². The summed E-state index contributed by atoms with van der Waals surface area (Å²) in [7, 11) is 0. The second-order valence-electron chi connectivity index (χ2n) is 2.71. The first-order valence-electron chi connectivity index (χ1n) is 4.00. The monoisotopic (exact) mass is 187 g/mol. The van der Waals surface area contributed by atoms with E-state index >= 15 is 0 Å². The molecule has 0 aliphatic heterocycles. The van der Waals surface area contributed by atoms with E-state index in [4.69, 9.17) is 5.39 Å². The van der Waals surface area contributed by atoms with Crippen molar-refractivity contribution in [2.75, 3.05) is 0 Å². The molecule has 0 unspecified atom stereocenters. The fourth-order valence-corrected chi connectivity index (χ4v) is 1.09. The molecule has 0 bridgehead atoms. The molecule has 0 saturated carbocycles. The van der Waals surface area contributed by atoms with E-state index in [1.807, 2.05) is 0 Å². The number of diazo groups is 1. The molecule has 6 heteroatoms. The highest BCUT2D eigenvalue weighted by molar-refractivity contribution is 5.46. The Labute approximate surface area is 79.9 Å². The highest BCUT2D eigenvalue weighted by Gasteiger charge is 2.22. The van der Waals surface area contributed by atoms with Crippen LogP contribution < -0.4 is 0 Å².